The van der Waals surface area contributed by atoms with Crippen LogP contribution in [0.3, 0.4) is 0 Å². The van der Waals surface area contributed by atoms with E-state index in [-0.39, 0.29) is 24.6 Å². The van der Waals surface area contributed by atoms with Crippen LogP contribution < -0.4 is 5.32 Å². The third-order valence-corrected chi connectivity index (χ3v) is 5.33. The number of methoxy groups -OCH3 is 1. The largest absolute Gasteiger partial charge is 0.465 e. The topological polar surface area (TPSA) is 64.6 Å². The minimum atomic E-state index is -1.11. The van der Waals surface area contributed by atoms with Gasteiger partial charge in [0.1, 0.15) is 23.8 Å². The normalized spacial score (nSPS) is 11.6. The Hall–Kier alpha value is -4.18. The number of halogens is 2. The number of alkyl carbamates (subject to hydrolysis) is 1. The summed E-state index contributed by atoms with van der Waals surface area (Å²) in [6.45, 7) is 0.0807. The first-order valence-electron chi connectivity index (χ1n) is 10.1. The van der Waals surface area contributed by atoms with Gasteiger partial charge in [0.2, 0.25) is 0 Å². The number of rotatable bonds is 4. The van der Waals surface area contributed by atoms with Gasteiger partial charge in [-0.15, -0.1) is 0 Å². The van der Waals surface area contributed by atoms with Crippen molar-refractivity contribution in [3.05, 3.63) is 94.6 Å². The van der Waals surface area contributed by atoms with Gasteiger partial charge in [-0.3, -0.25) is 0 Å². The van der Waals surface area contributed by atoms with Crippen LogP contribution in [0, 0.1) is 23.5 Å². The highest BCUT2D eigenvalue weighted by atomic mass is 19.1. The van der Waals surface area contributed by atoms with Crippen LogP contribution in [-0.2, 0) is 9.47 Å². The van der Waals surface area contributed by atoms with E-state index in [0.717, 1.165) is 41.5 Å². The maximum Gasteiger partial charge on any atom is 0.407 e. The van der Waals surface area contributed by atoms with E-state index in [4.69, 9.17) is 4.74 Å². The summed E-state index contributed by atoms with van der Waals surface area (Å²) in [5, 5.41) is 2.50. The number of ether oxygens (including phenoxy) is 2. The Kier molecular flexibility index (Phi) is 6.36. The van der Waals surface area contributed by atoms with Crippen molar-refractivity contribution in [3.8, 4) is 23.0 Å². The maximum atomic E-state index is 13.9. The predicted molar refractivity (Wildman–Crippen MR) is 118 cm³/mol. The van der Waals surface area contributed by atoms with E-state index >= 15 is 0 Å². The van der Waals surface area contributed by atoms with Crippen molar-refractivity contribution < 1.29 is 27.8 Å². The highest BCUT2D eigenvalue weighted by Gasteiger charge is 2.28. The molecular formula is C26H19F2NO4. The molecule has 3 aromatic carbocycles. The molecule has 0 saturated heterocycles. The lowest BCUT2D eigenvalue weighted by molar-refractivity contribution is 0.0589. The highest BCUT2D eigenvalue weighted by molar-refractivity contribution is 5.90. The minimum absolute atomic E-state index is 0.0204. The summed E-state index contributed by atoms with van der Waals surface area (Å²) >= 11 is 0. The van der Waals surface area contributed by atoms with E-state index < -0.39 is 29.3 Å². The van der Waals surface area contributed by atoms with Gasteiger partial charge < -0.3 is 14.8 Å². The van der Waals surface area contributed by atoms with Crippen LogP contribution >= 0.6 is 0 Å². The maximum absolute atomic E-state index is 13.9. The van der Waals surface area contributed by atoms with Crippen molar-refractivity contribution in [1.29, 1.82) is 0 Å². The molecule has 33 heavy (non-hydrogen) atoms. The molecule has 0 unspecified atom stereocenters. The van der Waals surface area contributed by atoms with Crippen LogP contribution in [0.15, 0.2) is 60.7 Å². The van der Waals surface area contributed by atoms with Crippen molar-refractivity contribution in [1.82, 2.24) is 5.32 Å². The monoisotopic (exact) mass is 447 g/mol. The Labute approximate surface area is 189 Å². The van der Waals surface area contributed by atoms with Gasteiger partial charge in [-0.1, -0.05) is 60.4 Å². The SMILES string of the molecule is COC(=O)c1c(F)cc(C#CCNC(=O)OCC2c3ccccc3-c3ccccc32)cc1F. The lowest BCUT2D eigenvalue weighted by Gasteiger charge is -2.14. The number of amides is 1. The summed E-state index contributed by atoms with van der Waals surface area (Å²) in [4.78, 5) is 23.5. The molecule has 0 radical (unpaired) electrons. The van der Waals surface area contributed by atoms with E-state index in [2.05, 4.69) is 21.9 Å². The molecule has 5 nitrogen and oxygen atoms in total. The molecule has 7 heteroatoms. The van der Waals surface area contributed by atoms with Crippen LogP contribution in [0.2, 0.25) is 0 Å². The highest BCUT2D eigenvalue weighted by Crippen LogP contribution is 2.44. The van der Waals surface area contributed by atoms with Gasteiger partial charge in [0.15, 0.2) is 0 Å². The summed E-state index contributed by atoms with van der Waals surface area (Å²) in [5.74, 6) is 1.82. The van der Waals surface area contributed by atoms with E-state index in [1.54, 1.807) is 0 Å². The van der Waals surface area contributed by atoms with Crippen molar-refractivity contribution in [2.75, 3.05) is 20.3 Å². The molecule has 0 saturated carbocycles. The number of benzene rings is 3. The molecule has 166 valence electrons. The fraction of sp³-hybridized carbons (Fsp3) is 0.154. The smallest absolute Gasteiger partial charge is 0.407 e. The molecule has 0 atom stereocenters. The summed E-state index contributed by atoms with van der Waals surface area (Å²) in [6.07, 6.45) is -0.649. The number of hydrogen-bond donors (Lipinski definition) is 1. The van der Waals surface area contributed by atoms with Gasteiger partial charge in [0, 0.05) is 11.5 Å². The predicted octanol–water partition coefficient (Wildman–Crippen LogP) is 4.64. The van der Waals surface area contributed by atoms with Gasteiger partial charge in [-0.05, 0) is 34.4 Å². The lowest BCUT2D eigenvalue weighted by Crippen LogP contribution is -2.26. The molecule has 0 spiro atoms. The number of fused-ring (bicyclic) bond motifs is 3. The third-order valence-electron chi connectivity index (χ3n) is 5.33. The Morgan fingerprint density at radius 1 is 0.970 bits per heavy atom. The minimum Gasteiger partial charge on any atom is -0.465 e. The second-order valence-corrected chi connectivity index (χ2v) is 7.29. The summed E-state index contributed by atoms with van der Waals surface area (Å²) in [7, 11) is 1.03. The molecule has 0 aromatic heterocycles. The van der Waals surface area contributed by atoms with Crippen LogP contribution in [0.1, 0.15) is 33.0 Å². The van der Waals surface area contributed by atoms with Gasteiger partial charge in [0.25, 0.3) is 0 Å². The molecule has 0 aliphatic heterocycles. The summed E-state index contributed by atoms with van der Waals surface area (Å²) in [5.41, 5.74) is 3.71. The van der Waals surface area contributed by atoms with E-state index in [1.807, 2.05) is 48.5 Å². The third kappa shape index (κ3) is 4.55. The van der Waals surface area contributed by atoms with Crippen molar-refractivity contribution in [2.45, 2.75) is 5.92 Å². The fourth-order valence-corrected chi connectivity index (χ4v) is 3.85. The van der Waals surface area contributed by atoms with Crippen LogP contribution in [0.5, 0.6) is 0 Å². The van der Waals surface area contributed by atoms with Crippen molar-refractivity contribution in [3.63, 3.8) is 0 Å². The van der Waals surface area contributed by atoms with Gasteiger partial charge in [-0.2, -0.15) is 0 Å². The zero-order valence-electron chi connectivity index (χ0n) is 17.7. The molecule has 1 N–H and O–H groups in total. The zero-order valence-corrected chi connectivity index (χ0v) is 17.7. The first-order valence-corrected chi connectivity index (χ1v) is 10.1. The molecule has 1 aliphatic rings. The molecule has 1 aliphatic carbocycles. The Balaban J connectivity index is 1.35. The molecule has 1 amide bonds. The fourth-order valence-electron chi connectivity index (χ4n) is 3.85. The van der Waals surface area contributed by atoms with Gasteiger partial charge in [0.05, 0.1) is 13.7 Å². The first kappa shape index (κ1) is 22.0. The first-order chi connectivity index (χ1) is 16.0. The molecule has 0 bridgehead atoms. The Morgan fingerprint density at radius 2 is 1.55 bits per heavy atom. The van der Waals surface area contributed by atoms with Crippen molar-refractivity contribution in [2.24, 2.45) is 0 Å². The van der Waals surface area contributed by atoms with E-state index in [9.17, 15) is 18.4 Å². The second kappa shape index (κ2) is 9.53. The van der Waals surface area contributed by atoms with Crippen molar-refractivity contribution >= 4 is 12.1 Å². The van der Waals surface area contributed by atoms with Gasteiger partial charge in [-0.25, -0.2) is 18.4 Å². The van der Waals surface area contributed by atoms with E-state index in [0.29, 0.717) is 0 Å². The zero-order chi connectivity index (χ0) is 23.4. The van der Waals surface area contributed by atoms with Crippen LogP contribution in [-0.4, -0.2) is 32.3 Å². The lowest BCUT2D eigenvalue weighted by atomic mass is 9.98. The molecule has 0 heterocycles. The Bertz CT molecular complexity index is 1220. The van der Waals surface area contributed by atoms with Gasteiger partial charge >= 0.3 is 12.1 Å². The molecule has 4 rings (SSSR count). The molecular weight excluding hydrogens is 428 g/mol. The van der Waals surface area contributed by atoms with Crippen LogP contribution in [0.4, 0.5) is 13.6 Å². The average molecular weight is 447 g/mol. The Morgan fingerprint density at radius 3 is 2.12 bits per heavy atom. The second-order valence-electron chi connectivity index (χ2n) is 7.29. The number of carbonyl (C=O) groups excluding carboxylic acids is 2. The van der Waals surface area contributed by atoms with Crippen LogP contribution in [0.25, 0.3) is 11.1 Å². The number of carbonyl (C=O) groups is 2. The average Bonchev–Trinajstić information content (AvgIpc) is 3.13. The quantitative estimate of drug-likeness (QED) is 0.468. The number of nitrogens with one attached hydrogen (secondary N) is 1. The standard InChI is InChI=1S/C26H19F2NO4/c1-32-25(30)24-22(27)13-16(14-23(24)28)7-6-12-29-26(31)33-15-21-19-10-4-2-8-17(19)18-9-3-5-11-20(18)21/h2-5,8-11,13-14,21H,12,15H2,1H3,(H,29,31). The molecule has 0 fully saturated rings. The molecule has 3 aromatic rings. The summed E-state index contributed by atoms with van der Waals surface area (Å²) < 4.78 is 37.6. The number of esters is 1. The van der Waals surface area contributed by atoms with E-state index in [1.165, 1.54) is 0 Å². The summed E-state index contributed by atoms with van der Waals surface area (Å²) in [6, 6.07) is 17.9. The number of hydrogen-bond acceptors (Lipinski definition) is 4.